The molecule has 11 heteroatoms. The molecule has 0 aliphatic heterocycles. The fraction of sp³-hybridized carbons (Fsp3) is 0.333. The summed E-state index contributed by atoms with van der Waals surface area (Å²) in [4.78, 5) is 42.4. The summed E-state index contributed by atoms with van der Waals surface area (Å²) in [6.45, 7) is 14.2. The quantitative estimate of drug-likeness (QED) is 0.242. The van der Waals surface area contributed by atoms with E-state index in [-0.39, 0.29) is 22.3 Å². The molecule has 0 fully saturated rings. The highest BCUT2D eigenvalue weighted by molar-refractivity contribution is 7.22. The van der Waals surface area contributed by atoms with E-state index in [4.69, 9.17) is 9.47 Å². The van der Waals surface area contributed by atoms with Gasteiger partial charge in [-0.15, -0.1) is 0 Å². The van der Waals surface area contributed by atoms with Gasteiger partial charge in [0.25, 0.3) is 0 Å². The zero-order chi connectivity index (χ0) is 30.4. The summed E-state index contributed by atoms with van der Waals surface area (Å²) in [6, 6.07) is 10.7. The van der Waals surface area contributed by atoms with Gasteiger partial charge >= 0.3 is 12.2 Å². The van der Waals surface area contributed by atoms with Crippen LogP contribution < -0.4 is 15.5 Å². The predicted molar refractivity (Wildman–Crippen MR) is 160 cm³/mol. The Bertz CT molecular complexity index is 1490. The molecule has 1 aromatic heterocycles. The number of hydrogen-bond acceptors (Lipinski definition) is 9. The number of phenolic OH excluding ortho intramolecular Hbond substituents is 1. The lowest BCUT2D eigenvalue weighted by molar-refractivity contribution is -0.116. The van der Waals surface area contributed by atoms with E-state index in [2.05, 4.69) is 34.0 Å². The highest BCUT2D eigenvalue weighted by Crippen LogP contribution is 2.36. The van der Waals surface area contributed by atoms with Gasteiger partial charge in [0.2, 0.25) is 11.0 Å². The third-order valence-electron chi connectivity index (χ3n) is 5.00. The topological polar surface area (TPSA) is 130 Å². The minimum Gasteiger partial charge on any atom is -0.506 e. The molecule has 0 aliphatic carbocycles. The summed E-state index contributed by atoms with van der Waals surface area (Å²) in [5.74, 6) is 5.61. The lowest BCUT2D eigenvalue weighted by Gasteiger charge is -2.27. The Morgan fingerprint density at radius 1 is 1.07 bits per heavy atom. The minimum atomic E-state index is -0.941. The van der Waals surface area contributed by atoms with Gasteiger partial charge in [-0.2, -0.15) is 4.90 Å². The van der Waals surface area contributed by atoms with E-state index in [0.29, 0.717) is 23.4 Å². The van der Waals surface area contributed by atoms with Crippen LogP contribution in [0.3, 0.4) is 0 Å². The minimum absolute atomic E-state index is 0.00487. The molecule has 0 unspecified atom stereocenters. The number of nitrogens with one attached hydrogen (secondary N) is 2. The summed E-state index contributed by atoms with van der Waals surface area (Å²) in [5, 5.41) is 16.6. The second kappa shape index (κ2) is 12.7. The summed E-state index contributed by atoms with van der Waals surface area (Å²) in [6.07, 6.45) is -0.662. The number of fused-ring (bicyclic) bond motifs is 1. The van der Waals surface area contributed by atoms with Crippen molar-refractivity contribution >= 4 is 50.5 Å². The average molecular weight is 579 g/mol. The number of benzene rings is 2. The Kier molecular flexibility index (Phi) is 9.63. The maximum absolute atomic E-state index is 13.0. The number of aromatic nitrogens is 1. The fourth-order valence-electron chi connectivity index (χ4n) is 3.36. The number of carbonyl (C=O) groups excluding carboxylic acids is 3. The van der Waals surface area contributed by atoms with Gasteiger partial charge < -0.3 is 25.2 Å². The smallest absolute Gasteiger partial charge is 0.426 e. The van der Waals surface area contributed by atoms with Crippen LogP contribution in [0, 0.1) is 11.8 Å². The van der Waals surface area contributed by atoms with E-state index in [1.165, 1.54) is 12.1 Å². The number of imide groups is 1. The van der Waals surface area contributed by atoms with Gasteiger partial charge in [-0.3, -0.25) is 4.79 Å². The zero-order valence-corrected chi connectivity index (χ0v) is 24.8. The molecule has 0 radical (unpaired) electrons. The molecule has 3 amide bonds. The highest BCUT2D eigenvalue weighted by Gasteiger charge is 2.35. The van der Waals surface area contributed by atoms with Crippen molar-refractivity contribution in [3.05, 3.63) is 60.2 Å². The monoisotopic (exact) mass is 578 g/mol. The molecule has 216 valence electrons. The van der Waals surface area contributed by atoms with Crippen molar-refractivity contribution in [2.24, 2.45) is 0 Å². The lowest BCUT2D eigenvalue weighted by Crippen LogP contribution is -2.43. The van der Waals surface area contributed by atoms with Crippen molar-refractivity contribution < 1.29 is 29.0 Å². The Hall–Kier alpha value is -4.56. The first kappa shape index (κ1) is 31.0. The molecule has 0 atom stereocenters. The SMILES string of the molecule is C=CC(=O)NCc1cccc(NCC#Cc2cc(O)c3nc(N(C(=O)OC(C)(C)C)C(=O)OC(C)(C)C)sc3c2)c1. The van der Waals surface area contributed by atoms with Gasteiger partial charge in [-0.05, 0) is 77.4 Å². The van der Waals surface area contributed by atoms with E-state index < -0.39 is 23.4 Å². The number of amides is 3. The van der Waals surface area contributed by atoms with Crippen molar-refractivity contribution in [2.75, 3.05) is 16.8 Å². The number of anilines is 2. The molecular formula is C30H34N4O6S. The first-order valence-corrected chi connectivity index (χ1v) is 13.6. The number of phenols is 1. The van der Waals surface area contributed by atoms with Crippen LogP contribution in [0.4, 0.5) is 20.4 Å². The Morgan fingerprint density at radius 2 is 1.73 bits per heavy atom. The standard InChI is InChI=1S/C30H34N4O6S/c1-8-24(36)32-18-20-11-9-13-21(15-20)31-14-10-12-19-16-22(35)25-23(17-19)41-26(33-25)34(27(37)39-29(2,3)4)28(38)40-30(5,6)7/h8-9,11,13,15-17,31,35H,1,14,18H2,2-7H3,(H,32,36). The van der Waals surface area contributed by atoms with Crippen LogP contribution >= 0.6 is 11.3 Å². The number of nitrogens with zero attached hydrogens (tertiary/aromatic N) is 2. The molecular weight excluding hydrogens is 544 g/mol. The molecule has 0 aliphatic rings. The molecule has 0 saturated heterocycles. The van der Waals surface area contributed by atoms with Crippen LogP contribution in [-0.4, -0.2) is 45.9 Å². The van der Waals surface area contributed by atoms with Crippen LogP contribution in [0.1, 0.15) is 52.7 Å². The van der Waals surface area contributed by atoms with Crippen LogP contribution in [0.15, 0.2) is 49.1 Å². The fourth-order valence-corrected chi connectivity index (χ4v) is 4.37. The number of thiazole rings is 1. The van der Waals surface area contributed by atoms with Crippen LogP contribution in [0.25, 0.3) is 10.2 Å². The van der Waals surface area contributed by atoms with Gasteiger partial charge in [0.05, 0.1) is 11.2 Å². The van der Waals surface area contributed by atoms with Crippen molar-refractivity contribution in [3.8, 4) is 17.6 Å². The van der Waals surface area contributed by atoms with Gasteiger partial charge in [0, 0.05) is 17.8 Å². The number of hydrogen-bond donors (Lipinski definition) is 3. The molecule has 0 spiro atoms. The normalized spacial score (nSPS) is 11.2. The van der Waals surface area contributed by atoms with E-state index in [1.807, 2.05) is 24.3 Å². The van der Waals surface area contributed by atoms with Gasteiger partial charge in [0.1, 0.15) is 22.5 Å². The Labute approximate surface area is 243 Å². The second-order valence-corrected chi connectivity index (χ2v) is 11.9. The number of rotatable bonds is 6. The maximum Gasteiger partial charge on any atom is 0.426 e. The Morgan fingerprint density at radius 3 is 2.34 bits per heavy atom. The number of carbonyl (C=O) groups is 3. The molecule has 3 N–H and O–H groups in total. The van der Waals surface area contributed by atoms with Crippen molar-refractivity contribution in [1.82, 2.24) is 10.3 Å². The van der Waals surface area contributed by atoms with Crippen molar-refractivity contribution in [1.29, 1.82) is 0 Å². The lowest BCUT2D eigenvalue weighted by atomic mass is 10.2. The van der Waals surface area contributed by atoms with Gasteiger partial charge in [-0.1, -0.05) is 41.9 Å². The first-order chi connectivity index (χ1) is 19.1. The molecule has 2 aromatic carbocycles. The summed E-state index contributed by atoms with van der Waals surface area (Å²) in [7, 11) is 0. The zero-order valence-electron chi connectivity index (χ0n) is 24.0. The summed E-state index contributed by atoms with van der Waals surface area (Å²) < 4.78 is 11.4. The van der Waals surface area contributed by atoms with Crippen molar-refractivity contribution in [2.45, 2.75) is 59.3 Å². The number of aromatic hydroxyl groups is 1. The third-order valence-corrected chi connectivity index (χ3v) is 5.99. The molecule has 10 nitrogen and oxygen atoms in total. The van der Waals surface area contributed by atoms with Gasteiger partial charge in [-0.25, -0.2) is 14.6 Å². The largest absolute Gasteiger partial charge is 0.506 e. The van der Waals surface area contributed by atoms with Crippen LogP contribution in [0.2, 0.25) is 0 Å². The molecule has 0 saturated carbocycles. The molecule has 3 rings (SSSR count). The van der Waals surface area contributed by atoms with Crippen LogP contribution in [-0.2, 0) is 20.8 Å². The molecule has 1 heterocycles. The van der Waals surface area contributed by atoms with E-state index in [1.54, 1.807) is 47.6 Å². The maximum atomic E-state index is 13.0. The molecule has 0 bridgehead atoms. The third kappa shape index (κ3) is 9.25. The van der Waals surface area contributed by atoms with E-state index in [0.717, 1.165) is 27.5 Å². The highest BCUT2D eigenvalue weighted by atomic mass is 32.1. The molecule has 3 aromatic rings. The van der Waals surface area contributed by atoms with Crippen molar-refractivity contribution in [3.63, 3.8) is 0 Å². The average Bonchev–Trinajstić information content (AvgIpc) is 3.27. The number of ether oxygens (including phenoxy) is 2. The van der Waals surface area contributed by atoms with E-state index >= 15 is 0 Å². The summed E-state index contributed by atoms with van der Waals surface area (Å²) in [5.41, 5.74) is 0.756. The first-order valence-electron chi connectivity index (χ1n) is 12.8. The molecule has 41 heavy (non-hydrogen) atoms. The van der Waals surface area contributed by atoms with E-state index in [9.17, 15) is 19.5 Å². The van der Waals surface area contributed by atoms with Gasteiger partial charge in [0.15, 0.2) is 0 Å². The summed E-state index contributed by atoms with van der Waals surface area (Å²) >= 11 is 1.02. The van der Waals surface area contributed by atoms with Crippen LogP contribution in [0.5, 0.6) is 5.75 Å². The predicted octanol–water partition coefficient (Wildman–Crippen LogP) is 5.94. The Balaban J connectivity index is 1.80. The second-order valence-electron chi connectivity index (χ2n) is 10.9.